The van der Waals surface area contributed by atoms with Crippen LogP contribution in [-0.2, 0) is 9.53 Å². The van der Waals surface area contributed by atoms with Gasteiger partial charge in [-0.1, -0.05) is 19.1 Å². The molecule has 0 fully saturated rings. The van der Waals surface area contributed by atoms with Crippen molar-refractivity contribution in [3.63, 3.8) is 0 Å². The number of thiocarbonyl (C=S) groups is 1. The Morgan fingerprint density at radius 2 is 2.05 bits per heavy atom. The van der Waals surface area contributed by atoms with Crippen LogP contribution in [0.1, 0.15) is 24.9 Å². The molecule has 0 spiro atoms. The average Bonchev–Trinajstić information content (AvgIpc) is 2.46. The SMILES string of the molecule is CCC1=C(C(=O)OC)[C@@H](c2ccc(F)cc2)NC(=S)N1. The van der Waals surface area contributed by atoms with E-state index in [1.807, 2.05) is 6.92 Å². The monoisotopic (exact) mass is 294 g/mol. The minimum absolute atomic E-state index is 0.329. The molecular formula is C14H15FN2O2S. The number of benzene rings is 1. The number of halogens is 1. The molecule has 0 aromatic heterocycles. The maximum absolute atomic E-state index is 13.0. The maximum atomic E-state index is 13.0. The van der Waals surface area contributed by atoms with Gasteiger partial charge >= 0.3 is 5.97 Å². The first kappa shape index (κ1) is 14.5. The summed E-state index contributed by atoms with van der Waals surface area (Å²) in [6.45, 7) is 1.92. The minimum Gasteiger partial charge on any atom is -0.466 e. The zero-order valence-electron chi connectivity index (χ0n) is 11.2. The van der Waals surface area contributed by atoms with E-state index in [2.05, 4.69) is 10.6 Å². The van der Waals surface area contributed by atoms with E-state index in [1.54, 1.807) is 12.1 Å². The number of rotatable bonds is 3. The highest BCUT2D eigenvalue weighted by Gasteiger charge is 2.31. The van der Waals surface area contributed by atoms with Gasteiger partial charge < -0.3 is 15.4 Å². The molecule has 20 heavy (non-hydrogen) atoms. The molecule has 1 aliphatic heterocycles. The molecule has 0 amide bonds. The van der Waals surface area contributed by atoms with Crippen molar-refractivity contribution in [2.75, 3.05) is 7.11 Å². The number of ether oxygens (including phenoxy) is 1. The van der Waals surface area contributed by atoms with Crippen LogP contribution in [0.4, 0.5) is 4.39 Å². The quantitative estimate of drug-likeness (QED) is 0.661. The Hall–Kier alpha value is -1.95. The van der Waals surface area contributed by atoms with Gasteiger partial charge in [-0.25, -0.2) is 9.18 Å². The Morgan fingerprint density at radius 1 is 1.40 bits per heavy atom. The van der Waals surface area contributed by atoms with Gasteiger partial charge in [0.25, 0.3) is 0 Å². The summed E-state index contributed by atoms with van der Waals surface area (Å²) in [6, 6.07) is 5.51. The van der Waals surface area contributed by atoms with Crippen LogP contribution in [0.15, 0.2) is 35.5 Å². The fourth-order valence-electron chi connectivity index (χ4n) is 2.15. The van der Waals surface area contributed by atoms with Gasteiger partial charge in [0, 0.05) is 5.70 Å². The lowest BCUT2D eigenvalue weighted by Crippen LogP contribution is -2.45. The number of hydrogen-bond donors (Lipinski definition) is 2. The molecule has 106 valence electrons. The molecule has 1 atom stereocenters. The number of carbonyl (C=O) groups excluding carboxylic acids is 1. The van der Waals surface area contributed by atoms with Crippen molar-refractivity contribution in [2.45, 2.75) is 19.4 Å². The smallest absolute Gasteiger partial charge is 0.337 e. The van der Waals surface area contributed by atoms with Gasteiger partial charge in [-0.3, -0.25) is 0 Å². The molecule has 1 aromatic rings. The molecule has 2 rings (SSSR count). The zero-order valence-corrected chi connectivity index (χ0v) is 12.0. The first-order chi connectivity index (χ1) is 9.56. The first-order valence-corrected chi connectivity index (χ1v) is 6.62. The van der Waals surface area contributed by atoms with Crippen LogP contribution in [0.25, 0.3) is 0 Å². The number of allylic oxidation sites excluding steroid dienone is 1. The van der Waals surface area contributed by atoms with Crippen molar-refractivity contribution in [3.05, 3.63) is 46.9 Å². The third kappa shape index (κ3) is 2.80. The highest BCUT2D eigenvalue weighted by atomic mass is 32.1. The summed E-state index contributed by atoms with van der Waals surface area (Å²) in [5.74, 6) is -0.761. The van der Waals surface area contributed by atoms with Gasteiger partial charge in [0.2, 0.25) is 0 Å². The van der Waals surface area contributed by atoms with Crippen LogP contribution in [0.5, 0.6) is 0 Å². The Labute approximate surface area is 122 Å². The molecule has 6 heteroatoms. The summed E-state index contributed by atoms with van der Waals surface area (Å²) < 4.78 is 17.9. The predicted molar refractivity (Wildman–Crippen MR) is 77.3 cm³/mol. The van der Waals surface area contributed by atoms with Crippen LogP contribution >= 0.6 is 12.2 Å². The summed E-state index contributed by atoms with van der Waals surface area (Å²) in [7, 11) is 1.33. The van der Waals surface area contributed by atoms with Crippen LogP contribution < -0.4 is 10.6 Å². The second-order valence-corrected chi connectivity index (χ2v) is 4.73. The molecule has 1 aliphatic rings. The zero-order chi connectivity index (χ0) is 14.7. The molecule has 0 aliphatic carbocycles. The van der Waals surface area contributed by atoms with Crippen LogP contribution in [-0.4, -0.2) is 18.2 Å². The Bertz CT molecular complexity index is 569. The summed E-state index contributed by atoms with van der Waals surface area (Å²) in [6.07, 6.45) is 0.615. The summed E-state index contributed by atoms with van der Waals surface area (Å²) in [5, 5.41) is 6.42. The highest BCUT2D eigenvalue weighted by molar-refractivity contribution is 7.80. The van der Waals surface area contributed by atoms with Crippen molar-refractivity contribution < 1.29 is 13.9 Å². The van der Waals surface area contributed by atoms with Crippen molar-refractivity contribution >= 4 is 23.3 Å². The Balaban J connectivity index is 2.49. The average molecular weight is 294 g/mol. The van der Waals surface area contributed by atoms with Crippen LogP contribution in [0, 0.1) is 5.82 Å². The third-order valence-corrected chi connectivity index (χ3v) is 3.34. The lowest BCUT2D eigenvalue weighted by atomic mass is 9.94. The van der Waals surface area contributed by atoms with Crippen molar-refractivity contribution in [1.82, 2.24) is 10.6 Å². The standard InChI is InChI=1S/C14H15FN2O2S/c1-3-10-11(13(18)19-2)12(17-14(20)16-10)8-4-6-9(15)7-5-8/h4-7,12H,3H2,1-2H3,(H2,16,17,20)/t12-/m1/s1. The van der Waals surface area contributed by atoms with E-state index in [-0.39, 0.29) is 5.82 Å². The topological polar surface area (TPSA) is 50.4 Å². The molecule has 0 radical (unpaired) electrons. The van der Waals surface area contributed by atoms with E-state index < -0.39 is 12.0 Å². The molecule has 0 unspecified atom stereocenters. The summed E-state index contributed by atoms with van der Waals surface area (Å²) >= 11 is 5.15. The normalized spacial score (nSPS) is 18.4. The highest BCUT2D eigenvalue weighted by Crippen LogP contribution is 2.28. The van der Waals surface area contributed by atoms with Gasteiger partial charge in [-0.15, -0.1) is 0 Å². The minimum atomic E-state index is -0.438. The molecule has 1 aromatic carbocycles. The molecule has 4 nitrogen and oxygen atoms in total. The molecule has 2 N–H and O–H groups in total. The number of nitrogens with one attached hydrogen (secondary N) is 2. The molecule has 0 bridgehead atoms. The summed E-state index contributed by atoms with van der Waals surface area (Å²) in [5.41, 5.74) is 1.94. The van der Waals surface area contributed by atoms with Gasteiger partial charge in [-0.05, 0) is 36.3 Å². The fraction of sp³-hybridized carbons (Fsp3) is 0.286. The summed E-state index contributed by atoms with van der Waals surface area (Å²) in [4.78, 5) is 12.0. The largest absolute Gasteiger partial charge is 0.466 e. The number of carbonyl (C=O) groups is 1. The van der Waals surface area contributed by atoms with E-state index in [1.165, 1.54) is 19.2 Å². The van der Waals surface area contributed by atoms with Crippen LogP contribution in [0.2, 0.25) is 0 Å². The van der Waals surface area contributed by atoms with E-state index in [0.717, 1.165) is 11.3 Å². The fourth-order valence-corrected chi connectivity index (χ4v) is 2.39. The molecular weight excluding hydrogens is 279 g/mol. The molecule has 0 saturated heterocycles. The predicted octanol–water partition coefficient (Wildman–Crippen LogP) is 2.18. The number of methoxy groups -OCH3 is 1. The Morgan fingerprint density at radius 3 is 2.60 bits per heavy atom. The second kappa shape index (κ2) is 6.00. The van der Waals surface area contributed by atoms with Gasteiger partial charge in [0.1, 0.15) is 5.82 Å². The number of hydrogen-bond acceptors (Lipinski definition) is 3. The van der Waals surface area contributed by atoms with E-state index in [0.29, 0.717) is 17.1 Å². The van der Waals surface area contributed by atoms with Gasteiger partial charge in [-0.2, -0.15) is 0 Å². The van der Waals surface area contributed by atoms with E-state index in [9.17, 15) is 9.18 Å². The maximum Gasteiger partial charge on any atom is 0.337 e. The van der Waals surface area contributed by atoms with E-state index in [4.69, 9.17) is 17.0 Å². The molecule has 0 saturated carbocycles. The van der Waals surface area contributed by atoms with E-state index >= 15 is 0 Å². The van der Waals surface area contributed by atoms with Gasteiger partial charge in [0.05, 0.1) is 18.7 Å². The lowest BCUT2D eigenvalue weighted by Gasteiger charge is -2.30. The van der Waals surface area contributed by atoms with Crippen molar-refractivity contribution in [2.24, 2.45) is 0 Å². The van der Waals surface area contributed by atoms with Crippen molar-refractivity contribution in [1.29, 1.82) is 0 Å². The number of esters is 1. The molecule has 1 heterocycles. The van der Waals surface area contributed by atoms with Crippen LogP contribution in [0.3, 0.4) is 0 Å². The third-order valence-electron chi connectivity index (χ3n) is 3.12. The first-order valence-electron chi connectivity index (χ1n) is 6.21. The van der Waals surface area contributed by atoms with Crippen molar-refractivity contribution in [3.8, 4) is 0 Å². The van der Waals surface area contributed by atoms with Gasteiger partial charge in [0.15, 0.2) is 5.11 Å². The Kier molecular flexibility index (Phi) is 4.34. The second-order valence-electron chi connectivity index (χ2n) is 4.32. The lowest BCUT2D eigenvalue weighted by molar-refractivity contribution is -0.136.